The fourth-order valence-corrected chi connectivity index (χ4v) is 2.27. The molecule has 0 aliphatic rings. The second kappa shape index (κ2) is 6.53. The Kier molecular flexibility index (Phi) is 4.29. The number of halogens is 2. The van der Waals surface area contributed by atoms with Gasteiger partial charge >= 0.3 is 0 Å². The molecule has 3 rings (SSSR count). The van der Waals surface area contributed by atoms with E-state index in [-0.39, 0.29) is 23.7 Å². The van der Waals surface area contributed by atoms with Gasteiger partial charge in [-0.05, 0) is 34.2 Å². The molecular formula is C15H11ClFN5O. The molecule has 3 aromatic rings. The van der Waals surface area contributed by atoms with Crippen molar-refractivity contribution < 1.29 is 9.18 Å². The number of amides is 1. The summed E-state index contributed by atoms with van der Waals surface area (Å²) in [5.74, 6) is -0.867. The van der Waals surface area contributed by atoms with Gasteiger partial charge in [-0.1, -0.05) is 29.8 Å². The molecule has 0 saturated carbocycles. The molecule has 1 heterocycles. The molecule has 0 atom stereocenters. The predicted octanol–water partition coefficient (Wildman–Crippen LogP) is 2.38. The number of tetrazole rings is 1. The summed E-state index contributed by atoms with van der Waals surface area (Å²) in [4.78, 5) is 12.4. The molecule has 0 unspecified atom stereocenters. The third-order valence-corrected chi connectivity index (χ3v) is 3.57. The van der Waals surface area contributed by atoms with Crippen molar-refractivity contribution in [3.05, 3.63) is 70.8 Å². The fourth-order valence-electron chi connectivity index (χ4n) is 2.07. The van der Waals surface area contributed by atoms with Crippen LogP contribution in [-0.4, -0.2) is 26.1 Å². The monoisotopic (exact) mass is 331 g/mol. The zero-order valence-corrected chi connectivity index (χ0v) is 12.5. The predicted molar refractivity (Wildman–Crippen MR) is 81.7 cm³/mol. The molecule has 0 radical (unpaired) electrons. The second-order valence-corrected chi connectivity index (χ2v) is 5.10. The number of hydrogen-bond acceptors (Lipinski definition) is 4. The Bertz CT molecular complexity index is 838. The van der Waals surface area contributed by atoms with Gasteiger partial charge in [-0.2, -0.15) is 4.68 Å². The van der Waals surface area contributed by atoms with Gasteiger partial charge in [-0.3, -0.25) is 4.79 Å². The summed E-state index contributed by atoms with van der Waals surface area (Å²) in [5.41, 5.74) is 1.30. The molecular weight excluding hydrogens is 321 g/mol. The first-order valence-corrected chi connectivity index (χ1v) is 7.07. The summed E-state index contributed by atoms with van der Waals surface area (Å²) >= 11 is 6.06. The van der Waals surface area contributed by atoms with Crippen molar-refractivity contribution in [3.63, 3.8) is 0 Å². The number of hydrogen-bond donors (Lipinski definition) is 1. The first kappa shape index (κ1) is 15.1. The van der Waals surface area contributed by atoms with E-state index in [9.17, 15) is 9.18 Å². The van der Waals surface area contributed by atoms with Crippen molar-refractivity contribution in [3.8, 4) is 5.69 Å². The van der Waals surface area contributed by atoms with Gasteiger partial charge in [0.15, 0.2) is 0 Å². The standard InChI is InChI=1S/C15H11ClFN5O/c16-13-4-2-1-3-10(13)8-18-15(23)12-6-5-11(17)7-14(12)22-9-19-20-21-22/h1-7,9H,8H2,(H,18,23). The normalized spacial score (nSPS) is 10.5. The lowest BCUT2D eigenvalue weighted by Gasteiger charge is -2.10. The Morgan fingerprint density at radius 1 is 1.26 bits per heavy atom. The molecule has 0 spiro atoms. The number of nitrogens with one attached hydrogen (secondary N) is 1. The van der Waals surface area contributed by atoms with E-state index >= 15 is 0 Å². The van der Waals surface area contributed by atoms with Crippen LogP contribution >= 0.6 is 11.6 Å². The average molecular weight is 332 g/mol. The summed E-state index contributed by atoms with van der Waals surface area (Å²) in [6.07, 6.45) is 1.29. The van der Waals surface area contributed by atoms with E-state index in [2.05, 4.69) is 20.8 Å². The topological polar surface area (TPSA) is 72.7 Å². The van der Waals surface area contributed by atoms with Crippen LogP contribution in [0.5, 0.6) is 0 Å². The van der Waals surface area contributed by atoms with Gasteiger partial charge in [0.1, 0.15) is 12.1 Å². The maximum Gasteiger partial charge on any atom is 0.253 e. The molecule has 1 aromatic heterocycles. The lowest BCUT2D eigenvalue weighted by Crippen LogP contribution is -2.24. The van der Waals surface area contributed by atoms with Crippen LogP contribution in [0.15, 0.2) is 48.8 Å². The molecule has 8 heteroatoms. The molecule has 6 nitrogen and oxygen atoms in total. The van der Waals surface area contributed by atoms with Crippen molar-refractivity contribution in [1.29, 1.82) is 0 Å². The van der Waals surface area contributed by atoms with Crippen LogP contribution in [0.4, 0.5) is 4.39 Å². The van der Waals surface area contributed by atoms with Crippen LogP contribution in [0.25, 0.3) is 5.69 Å². The van der Waals surface area contributed by atoms with Crippen LogP contribution in [0.1, 0.15) is 15.9 Å². The largest absolute Gasteiger partial charge is 0.348 e. The van der Waals surface area contributed by atoms with Crippen molar-refractivity contribution in [2.45, 2.75) is 6.54 Å². The van der Waals surface area contributed by atoms with Crippen molar-refractivity contribution >= 4 is 17.5 Å². The summed E-state index contributed by atoms with van der Waals surface area (Å²) in [5, 5.41) is 14.0. The Labute approximate surface area is 135 Å². The van der Waals surface area contributed by atoms with Crippen molar-refractivity contribution in [2.24, 2.45) is 0 Å². The molecule has 0 saturated heterocycles. The SMILES string of the molecule is O=C(NCc1ccccc1Cl)c1ccc(F)cc1-n1cnnn1. The molecule has 1 N–H and O–H groups in total. The van der Waals surface area contributed by atoms with Crippen LogP contribution in [0, 0.1) is 5.82 Å². The van der Waals surface area contributed by atoms with E-state index in [0.717, 1.165) is 5.56 Å². The summed E-state index contributed by atoms with van der Waals surface area (Å²) in [7, 11) is 0. The van der Waals surface area contributed by atoms with E-state index in [1.807, 2.05) is 18.2 Å². The average Bonchev–Trinajstić information content (AvgIpc) is 3.08. The molecule has 0 bridgehead atoms. The molecule has 0 aliphatic carbocycles. The number of rotatable bonds is 4. The Morgan fingerprint density at radius 3 is 2.83 bits per heavy atom. The minimum Gasteiger partial charge on any atom is -0.348 e. The molecule has 0 fully saturated rings. The van der Waals surface area contributed by atoms with Crippen LogP contribution < -0.4 is 5.32 Å². The first-order valence-electron chi connectivity index (χ1n) is 6.69. The lowest BCUT2D eigenvalue weighted by molar-refractivity contribution is 0.0950. The minimum absolute atomic E-state index is 0.255. The number of benzene rings is 2. The minimum atomic E-state index is -0.488. The smallest absolute Gasteiger partial charge is 0.253 e. The summed E-state index contributed by atoms with van der Waals surface area (Å²) in [6.45, 7) is 0.255. The highest BCUT2D eigenvalue weighted by molar-refractivity contribution is 6.31. The molecule has 0 aliphatic heterocycles. The number of carbonyl (C=O) groups excluding carboxylic acids is 1. The summed E-state index contributed by atoms with van der Waals surface area (Å²) in [6, 6.07) is 11.0. The number of aromatic nitrogens is 4. The summed E-state index contributed by atoms with van der Waals surface area (Å²) < 4.78 is 14.7. The van der Waals surface area contributed by atoms with Gasteiger partial charge in [-0.15, -0.1) is 5.10 Å². The van der Waals surface area contributed by atoms with Crippen molar-refractivity contribution in [1.82, 2.24) is 25.5 Å². The molecule has 116 valence electrons. The lowest BCUT2D eigenvalue weighted by atomic mass is 10.1. The van der Waals surface area contributed by atoms with Gasteiger partial charge in [0.2, 0.25) is 0 Å². The Balaban J connectivity index is 1.84. The van der Waals surface area contributed by atoms with Crippen LogP contribution in [0.3, 0.4) is 0 Å². The quantitative estimate of drug-likeness (QED) is 0.796. The van der Waals surface area contributed by atoms with E-state index in [4.69, 9.17) is 11.6 Å². The van der Waals surface area contributed by atoms with Crippen LogP contribution in [-0.2, 0) is 6.54 Å². The molecule has 2 aromatic carbocycles. The van der Waals surface area contributed by atoms with E-state index in [0.29, 0.717) is 5.02 Å². The zero-order chi connectivity index (χ0) is 16.2. The third-order valence-electron chi connectivity index (χ3n) is 3.20. The highest BCUT2D eigenvalue weighted by atomic mass is 35.5. The number of nitrogens with zero attached hydrogens (tertiary/aromatic N) is 4. The van der Waals surface area contributed by atoms with E-state index in [1.54, 1.807) is 6.07 Å². The maximum absolute atomic E-state index is 13.5. The first-order chi connectivity index (χ1) is 11.1. The van der Waals surface area contributed by atoms with Gasteiger partial charge in [0.25, 0.3) is 5.91 Å². The second-order valence-electron chi connectivity index (χ2n) is 4.69. The third kappa shape index (κ3) is 3.35. The highest BCUT2D eigenvalue weighted by Gasteiger charge is 2.15. The van der Waals surface area contributed by atoms with Gasteiger partial charge in [0, 0.05) is 17.6 Å². The van der Waals surface area contributed by atoms with E-state index in [1.165, 1.54) is 29.2 Å². The van der Waals surface area contributed by atoms with E-state index < -0.39 is 5.82 Å². The Hall–Kier alpha value is -2.80. The van der Waals surface area contributed by atoms with Gasteiger partial charge < -0.3 is 5.32 Å². The van der Waals surface area contributed by atoms with Gasteiger partial charge in [0.05, 0.1) is 11.3 Å². The Morgan fingerprint density at radius 2 is 2.09 bits per heavy atom. The number of carbonyl (C=O) groups is 1. The maximum atomic E-state index is 13.5. The zero-order valence-electron chi connectivity index (χ0n) is 11.8. The fraction of sp³-hybridized carbons (Fsp3) is 0.0667. The molecule has 1 amide bonds. The highest BCUT2D eigenvalue weighted by Crippen LogP contribution is 2.17. The van der Waals surface area contributed by atoms with Gasteiger partial charge in [-0.25, -0.2) is 4.39 Å². The van der Waals surface area contributed by atoms with Crippen LogP contribution in [0.2, 0.25) is 5.02 Å². The van der Waals surface area contributed by atoms with Crippen molar-refractivity contribution in [2.75, 3.05) is 0 Å². The molecule has 23 heavy (non-hydrogen) atoms.